The van der Waals surface area contributed by atoms with Crippen LogP contribution in [-0.4, -0.2) is 11.7 Å². The zero-order chi connectivity index (χ0) is 29.7. The second kappa shape index (κ2) is 10.3. The number of hydrogen-bond donors (Lipinski definition) is 1. The lowest BCUT2D eigenvalue weighted by Gasteiger charge is -2.35. The van der Waals surface area contributed by atoms with Gasteiger partial charge in [0, 0.05) is 22.1 Å². The molecule has 2 unspecified atom stereocenters. The van der Waals surface area contributed by atoms with Gasteiger partial charge in [-0.2, -0.15) is 0 Å². The summed E-state index contributed by atoms with van der Waals surface area (Å²) in [5.74, 6) is 1.72. The maximum atomic E-state index is 5.40. The first-order valence-electron chi connectivity index (χ1n) is 15.6. The van der Waals surface area contributed by atoms with Gasteiger partial charge in [-0.3, -0.25) is 0 Å². The van der Waals surface area contributed by atoms with Crippen LogP contribution in [0.4, 0.5) is 0 Å². The number of aliphatic imine (C=N–C) groups is 2. The molecule has 0 saturated heterocycles. The van der Waals surface area contributed by atoms with E-state index in [1.807, 2.05) is 0 Å². The molecular weight excluding hydrogens is 534 g/mol. The first kappa shape index (κ1) is 26.6. The van der Waals surface area contributed by atoms with Gasteiger partial charge in [0.2, 0.25) is 0 Å². The number of amidine groups is 2. The molecule has 0 spiro atoms. The summed E-state index contributed by atoms with van der Waals surface area (Å²) in [6, 6.07) is 41.5. The van der Waals surface area contributed by atoms with Crippen LogP contribution in [0.2, 0.25) is 0 Å². The predicted octanol–water partition coefficient (Wildman–Crippen LogP) is 9.21. The molecule has 44 heavy (non-hydrogen) atoms. The van der Waals surface area contributed by atoms with Crippen LogP contribution < -0.4 is 5.32 Å². The lowest BCUT2D eigenvalue weighted by atomic mass is 9.69. The van der Waals surface area contributed by atoms with Crippen LogP contribution >= 0.6 is 0 Å². The molecule has 8 rings (SSSR count). The Morgan fingerprint density at radius 2 is 1.36 bits per heavy atom. The van der Waals surface area contributed by atoms with Gasteiger partial charge in [-0.1, -0.05) is 140 Å². The van der Waals surface area contributed by atoms with Crippen LogP contribution in [-0.2, 0) is 17.5 Å². The largest absolute Gasteiger partial charge is 0.324 e. The Kier molecular flexibility index (Phi) is 6.23. The molecule has 1 heterocycles. The monoisotopic (exact) mass is 569 g/mol. The summed E-state index contributed by atoms with van der Waals surface area (Å²) < 4.78 is 0. The molecule has 3 heteroatoms. The van der Waals surface area contributed by atoms with Gasteiger partial charge in [0.25, 0.3) is 0 Å². The predicted molar refractivity (Wildman–Crippen MR) is 184 cm³/mol. The van der Waals surface area contributed by atoms with Crippen molar-refractivity contribution in [3.05, 3.63) is 166 Å². The Labute approximate surface area is 259 Å². The molecule has 5 aromatic carbocycles. The normalized spacial score (nSPS) is 22.3. The molecule has 0 radical (unpaired) electrons. The zero-order valence-corrected chi connectivity index (χ0v) is 25.2. The summed E-state index contributed by atoms with van der Waals surface area (Å²) in [5.41, 5.74) is 9.03. The molecule has 0 fully saturated rings. The standard InChI is InChI=1S/C41H35N3/c1-40(27-11-17-30-14-5-8-22-37(30)40)31-23-25-32(26-24-31)41(2)43-38(35-20-9-15-28-12-3-6-18-33(28)35)42-39(44-41)36-21-10-16-29-13-4-7-19-34(29)36/h3-9,11-15,17-26H,10,16,27H2,1-2H3,(H,42,43,44). The molecule has 3 nitrogen and oxygen atoms in total. The Morgan fingerprint density at radius 1 is 0.659 bits per heavy atom. The van der Waals surface area contributed by atoms with Crippen molar-refractivity contribution < 1.29 is 0 Å². The summed E-state index contributed by atoms with van der Waals surface area (Å²) in [6.07, 6.45) is 9.90. The SMILES string of the molecule is CC1(c2ccc(C3(C)CC=Cc4ccccc43)cc2)N=C(C2=CCCc3ccccc32)NC(c2cccc3ccccc23)=N1. The summed E-state index contributed by atoms with van der Waals surface area (Å²) in [6.45, 7) is 4.50. The maximum absolute atomic E-state index is 5.40. The van der Waals surface area contributed by atoms with Crippen LogP contribution in [0.15, 0.2) is 137 Å². The summed E-state index contributed by atoms with van der Waals surface area (Å²) >= 11 is 0. The van der Waals surface area contributed by atoms with Crippen LogP contribution in [0.25, 0.3) is 22.4 Å². The smallest absolute Gasteiger partial charge is 0.177 e. The van der Waals surface area contributed by atoms with Crippen molar-refractivity contribution in [2.45, 2.75) is 44.2 Å². The van der Waals surface area contributed by atoms with E-state index in [2.05, 4.69) is 153 Å². The van der Waals surface area contributed by atoms with E-state index in [-0.39, 0.29) is 5.41 Å². The van der Waals surface area contributed by atoms with E-state index in [1.54, 1.807) is 0 Å². The average Bonchev–Trinajstić information content (AvgIpc) is 3.08. The highest BCUT2D eigenvalue weighted by molar-refractivity contribution is 6.31. The molecule has 0 amide bonds. The summed E-state index contributed by atoms with van der Waals surface area (Å²) in [5, 5.41) is 6.07. The lowest BCUT2D eigenvalue weighted by molar-refractivity contribution is 0.517. The van der Waals surface area contributed by atoms with Gasteiger partial charge in [-0.05, 0) is 64.8 Å². The van der Waals surface area contributed by atoms with E-state index in [9.17, 15) is 0 Å². The minimum absolute atomic E-state index is 0.0820. The number of aryl methyl sites for hydroxylation is 1. The number of fused-ring (bicyclic) bond motifs is 3. The van der Waals surface area contributed by atoms with Gasteiger partial charge in [-0.15, -0.1) is 0 Å². The quantitative estimate of drug-likeness (QED) is 0.230. The highest BCUT2D eigenvalue weighted by Crippen LogP contribution is 2.42. The first-order valence-corrected chi connectivity index (χ1v) is 15.6. The fourth-order valence-electron chi connectivity index (χ4n) is 7.26. The number of nitrogens with one attached hydrogen (secondary N) is 1. The fraction of sp³-hybridized carbons (Fsp3) is 0.171. The van der Waals surface area contributed by atoms with Crippen molar-refractivity contribution in [3.63, 3.8) is 0 Å². The van der Waals surface area contributed by atoms with Crippen molar-refractivity contribution in [1.29, 1.82) is 0 Å². The highest BCUT2D eigenvalue weighted by Gasteiger charge is 2.35. The zero-order valence-electron chi connectivity index (χ0n) is 25.2. The third-order valence-corrected chi connectivity index (χ3v) is 9.71. The summed E-state index contributed by atoms with van der Waals surface area (Å²) in [7, 11) is 0. The van der Waals surface area contributed by atoms with E-state index in [4.69, 9.17) is 9.98 Å². The van der Waals surface area contributed by atoms with Crippen molar-refractivity contribution >= 4 is 34.1 Å². The molecular formula is C41H35N3. The lowest BCUT2D eigenvalue weighted by Crippen LogP contribution is -2.41. The third kappa shape index (κ3) is 4.34. The van der Waals surface area contributed by atoms with Crippen LogP contribution in [0.5, 0.6) is 0 Å². The fourth-order valence-corrected chi connectivity index (χ4v) is 7.26. The molecule has 1 aliphatic heterocycles. The van der Waals surface area contributed by atoms with E-state index < -0.39 is 5.66 Å². The van der Waals surface area contributed by atoms with Gasteiger partial charge in [0.05, 0.1) is 0 Å². The number of allylic oxidation sites excluding steroid dienone is 2. The Balaban J connectivity index is 1.26. The summed E-state index contributed by atoms with van der Waals surface area (Å²) in [4.78, 5) is 10.8. The van der Waals surface area contributed by atoms with E-state index in [0.717, 1.165) is 47.6 Å². The second-order valence-electron chi connectivity index (χ2n) is 12.5. The molecule has 2 aliphatic carbocycles. The number of hydrogen-bond acceptors (Lipinski definition) is 3. The first-order chi connectivity index (χ1) is 21.5. The minimum Gasteiger partial charge on any atom is -0.324 e. The van der Waals surface area contributed by atoms with E-state index in [0.29, 0.717) is 0 Å². The van der Waals surface area contributed by atoms with Crippen LogP contribution in [0, 0.1) is 0 Å². The second-order valence-corrected chi connectivity index (χ2v) is 12.5. The van der Waals surface area contributed by atoms with Crippen molar-refractivity contribution in [3.8, 4) is 0 Å². The average molecular weight is 570 g/mol. The number of nitrogens with zero attached hydrogens (tertiary/aromatic N) is 2. The van der Waals surface area contributed by atoms with Crippen LogP contribution in [0.3, 0.4) is 0 Å². The Morgan fingerprint density at radius 3 is 2.27 bits per heavy atom. The Hall–Kier alpha value is -5.02. The maximum Gasteiger partial charge on any atom is 0.177 e. The Bertz CT molecular complexity index is 2040. The van der Waals surface area contributed by atoms with Gasteiger partial charge in [-0.25, -0.2) is 9.98 Å². The molecule has 0 saturated carbocycles. The molecule has 3 aliphatic rings. The number of rotatable bonds is 4. The topological polar surface area (TPSA) is 36.8 Å². The molecule has 0 aromatic heterocycles. The number of benzene rings is 5. The van der Waals surface area contributed by atoms with E-state index in [1.165, 1.54) is 38.6 Å². The molecule has 2 atom stereocenters. The van der Waals surface area contributed by atoms with Crippen molar-refractivity contribution in [2.75, 3.05) is 0 Å². The van der Waals surface area contributed by atoms with Gasteiger partial charge in [0.15, 0.2) is 5.66 Å². The molecule has 1 N–H and O–H groups in total. The van der Waals surface area contributed by atoms with Crippen LogP contribution in [0.1, 0.15) is 65.6 Å². The molecule has 0 bridgehead atoms. The van der Waals surface area contributed by atoms with Crippen molar-refractivity contribution in [1.82, 2.24) is 5.32 Å². The van der Waals surface area contributed by atoms with E-state index >= 15 is 0 Å². The van der Waals surface area contributed by atoms with Gasteiger partial charge >= 0.3 is 0 Å². The van der Waals surface area contributed by atoms with Gasteiger partial charge < -0.3 is 5.32 Å². The van der Waals surface area contributed by atoms with Crippen molar-refractivity contribution in [2.24, 2.45) is 9.98 Å². The molecule has 214 valence electrons. The minimum atomic E-state index is -0.802. The third-order valence-electron chi connectivity index (χ3n) is 9.71. The molecule has 5 aromatic rings. The highest BCUT2D eigenvalue weighted by atomic mass is 15.2. The van der Waals surface area contributed by atoms with Gasteiger partial charge in [0.1, 0.15) is 11.7 Å².